The number of para-hydroxylation sites is 1. The van der Waals surface area contributed by atoms with Crippen molar-refractivity contribution in [3.8, 4) is 5.69 Å². The molecule has 0 aliphatic rings. The maximum absolute atomic E-state index is 6.17. The van der Waals surface area contributed by atoms with E-state index in [-0.39, 0.29) is 0 Å². The number of benzene rings is 2. The number of halogens is 2. The van der Waals surface area contributed by atoms with Crippen molar-refractivity contribution >= 4 is 35.1 Å². The smallest absolute Gasteiger partial charge is 0.0848 e. The summed E-state index contributed by atoms with van der Waals surface area (Å²) in [7, 11) is 0. The second-order valence-electron chi connectivity index (χ2n) is 4.90. The van der Waals surface area contributed by atoms with Crippen LogP contribution >= 0.6 is 23.2 Å². The van der Waals surface area contributed by atoms with E-state index >= 15 is 0 Å². The second-order valence-corrected chi connectivity index (χ2v) is 5.69. The summed E-state index contributed by atoms with van der Waals surface area (Å²) in [6.07, 6.45) is 1.80. The number of hydrogen-bond acceptors (Lipinski definition) is 1. The molecule has 22 heavy (non-hydrogen) atoms. The number of nitrogens with zero attached hydrogens (tertiary/aromatic N) is 2. The van der Waals surface area contributed by atoms with Crippen LogP contribution in [0.25, 0.3) is 5.69 Å². The molecule has 0 amide bonds. The molecule has 0 aliphatic carbocycles. The molecular weight excluding hydrogens is 315 g/mol. The number of aryl methyl sites for hydroxylation is 1. The normalized spacial score (nSPS) is 11.2. The standard InChI is InChI=1S/C18H14Cl2N2/c1-13-10-11-15(22(13)14-6-3-2-4-7-14)12-21-17-9-5-8-16(19)18(17)20/h2-12H,1H3. The number of rotatable bonds is 3. The van der Waals surface area contributed by atoms with E-state index in [0.29, 0.717) is 15.7 Å². The minimum absolute atomic E-state index is 0.468. The van der Waals surface area contributed by atoms with Crippen molar-refractivity contribution in [3.63, 3.8) is 0 Å². The van der Waals surface area contributed by atoms with E-state index in [4.69, 9.17) is 23.2 Å². The third-order valence-electron chi connectivity index (χ3n) is 3.39. The van der Waals surface area contributed by atoms with Crippen molar-refractivity contribution in [2.75, 3.05) is 0 Å². The van der Waals surface area contributed by atoms with Gasteiger partial charge in [0.2, 0.25) is 0 Å². The maximum Gasteiger partial charge on any atom is 0.0848 e. The van der Waals surface area contributed by atoms with Gasteiger partial charge in [0.05, 0.1) is 27.6 Å². The summed E-state index contributed by atoms with van der Waals surface area (Å²) in [5, 5.41) is 0.973. The predicted octanol–water partition coefficient (Wildman–Crippen LogP) is 5.84. The fraction of sp³-hybridized carbons (Fsp3) is 0.0556. The average Bonchev–Trinajstić information content (AvgIpc) is 2.90. The average molecular weight is 329 g/mol. The summed E-state index contributed by atoms with van der Waals surface area (Å²) in [5.41, 5.74) is 3.89. The Labute approximate surface area is 139 Å². The molecule has 0 fully saturated rings. The first-order chi connectivity index (χ1) is 10.7. The zero-order chi connectivity index (χ0) is 15.5. The van der Waals surface area contributed by atoms with Crippen molar-refractivity contribution < 1.29 is 0 Å². The fourth-order valence-electron chi connectivity index (χ4n) is 2.32. The third kappa shape index (κ3) is 2.94. The molecule has 0 aliphatic heterocycles. The topological polar surface area (TPSA) is 17.3 Å². The van der Waals surface area contributed by atoms with Crippen LogP contribution in [0, 0.1) is 6.92 Å². The number of aromatic nitrogens is 1. The molecule has 0 radical (unpaired) electrons. The largest absolute Gasteiger partial charge is 0.313 e. The lowest BCUT2D eigenvalue weighted by Gasteiger charge is -2.09. The van der Waals surface area contributed by atoms with Gasteiger partial charge in [-0.3, -0.25) is 4.99 Å². The highest BCUT2D eigenvalue weighted by Crippen LogP contribution is 2.31. The van der Waals surface area contributed by atoms with Crippen molar-refractivity contribution in [1.29, 1.82) is 0 Å². The Kier molecular flexibility index (Phi) is 4.32. The Balaban J connectivity index is 2.00. The van der Waals surface area contributed by atoms with Gasteiger partial charge in [0.1, 0.15) is 0 Å². The minimum Gasteiger partial charge on any atom is -0.313 e. The van der Waals surface area contributed by atoms with Gasteiger partial charge in [0, 0.05) is 11.4 Å². The lowest BCUT2D eigenvalue weighted by atomic mass is 10.3. The van der Waals surface area contributed by atoms with Crippen LogP contribution in [0.4, 0.5) is 5.69 Å². The van der Waals surface area contributed by atoms with Crippen molar-refractivity contribution in [1.82, 2.24) is 4.57 Å². The van der Waals surface area contributed by atoms with E-state index in [9.17, 15) is 0 Å². The van der Waals surface area contributed by atoms with Crippen LogP contribution in [0.3, 0.4) is 0 Å². The summed E-state index contributed by atoms with van der Waals surface area (Å²) < 4.78 is 2.14. The quantitative estimate of drug-likeness (QED) is 0.537. The van der Waals surface area contributed by atoms with Crippen molar-refractivity contribution in [2.45, 2.75) is 6.92 Å². The number of aliphatic imine (C=N–C) groups is 1. The van der Waals surface area contributed by atoms with Crippen LogP contribution in [0.2, 0.25) is 10.0 Å². The monoisotopic (exact) mass is 328 g/mol. The van der Waals surface area contributed by atoms with Gasteiger partial charge >= 0.3 is 0 Å². The summed E-state index contributed by atoms with van der Waals surface area (Å²) in [6, 6.07) is 19.7. The van der Waals surface area contributed by atoms with Gasteiger partial charge in [-0.2, -0.15) is 0 Å². The van der Waals surface area contributed by atoms with E-state index in [1.165, 1.54) is 0 Å². The summed E-state index contributed by atoms with van der Waals surface area (Å²) >= 11 is 12.2. The lowest BCUT2D eigenvalue weighted by Crippen LogP contribution is -2.00. The summed E-state index contributed by atoms with van der Waals surface area (Å²) in [6.45, 7) is 2.07. The molecule has 1 heterocycles. The summed E-state index contributed by atoms with van der Waals surface area (Å²) in [5.74, 6) is 0. The third-order valence-corrected chi connectivity index (χ3v) is 4.20. The van der Waals surface area contributed by atoms with Crippen LogP contribution in [0.5, 0.6) is 0 Å². The van der Waals surface area contributed by atoms with Crippen molar-refractivity contribution in [2.24, 2.45) is 4.99 Å². The van der Waals surface area contributed by atoms with E-state index in [1.807, 2.05) is 36.4 Å². The molecule has 1 aromatic heterocycles. The van der Waals surface area contributed by atoms with E-state index < -0.39 is 0 Å². The minimum atomic E-state index is 0.468. The van der Waals surface area contributed by atoms with Gasteiger partial charge in [-0.15, -0.1) is 0 Å². The van der Waals surface area contributed by atoms with Crippen LogP contribution < -0.4 is 0 Å². The molecule has 4 heteroatoms. The Morgan fingerprint density at radius 3 is 2.45 bits per heavy atom. The summed E-state index contributed by atoms with van der Waals surface area (Å²) in [4.78, 5) is 4.47. The highest BCUT2D eigenvalue weighted by molar-refractivity contribution is 6.43. The predicted molar refractivity (Wildman–Crippen MR) is 94.2 cm³/mol. The highest BCUT2D eigenvalue weighted by atomic mass is 35.5. The van der Waals surface area contributed by atoms with Gasteiger partial charge in [-0.05, 0) is 43.3 Å². The molecule has 110 valence electrons. The molecule has 3 rings (SSSR count). The maximum atomic E-state index is 6.17. The highest BCUT2D eigenvalue weighted by Gasteiger charge is 2.06. The zero-order valence-electron chi connectivity index (χ0n) is 12.0. The van der Waals surface area contributed by atoms with E-state index in [2.05, 4.69) is 34.7 Å². The molecule has 3 aromatic rings. The first-order valence-electron chi connectivity index (χ1n) is 6.88. The fourth-order valence-corrected chi connectivity index (χ4v) is 2.66. The Bertz CT molecular complexity index is 820. The van der Waals surface area contributed by atoms with Gasteiger partial charge in [-0.1, -0.05) is 47.5 Å². The lowest BCUT2D eigenvalue weighted by molar-refractivity contribution is 1.01. The van der Waals surface area contributed by atoms with Crippen LogP contribution in [-0.4, -0.2) is 10.8 Å². The molecule has 0 bridgehead atoms. The molecule has 0 saturated carbocycles. The first-order valence-corrected chi connectivity index (χ1v) is 7.64. The molecule has 0 N–H and O–H groups in total. The second kappa shape index (κ2) is 6.39. The first kappa shape index (κ1) is 14.9. The molecule has 0 saturated heterocycles. The van der Waals surface area contributed by atoms with E-state index in [1.54, 1.807) is 12.3 Å². The van der Waals surface area contributed by atoms with Crippen LogP contribution in [0.15, 0.2) is 65.7 Å². The Morgan fingerprint density at radius 1 is 0.909 bits per heavy atom. The molecule has 2 nitrogen and oxygen atoms in total. The van der Waals surface area contributed by atoms with E-state index in [0.717, 1.165) is 17.1 Å². The van der Waals surface area contributed by atoms with Gasteiger partial charge < -0.3 is 4.57 Å². The zero-order valence-corrected chi connectivity index (χ0v) is 13.5. The SMILES string of the molecule is Cc1ccc(C=Nc2cccc(Cl)c2Cl)n1-c1ccccc1. The van der Waals surface area contributed by atoms with Crippen LogP contribution in [-0.2, 0) is 0 Å². The molecule has 0 spiro atoms. The molecule has 0 atom stereocenters. The van der Waals surface area contributed by atoms with Crippen LogP contribution in [0.1, 0.15) is 11.4 Å². The molecule has 0 unspecified atom stereocenters. The molecule has 2 aromatic carbocycles. The molecular formula is C18H14Cl2N2. The Morgan fingerprint density at radius 2 is 1.68 bits per heavy atom. The van der Waals surface area contributed by atoms with Gasteiger partial charge in [0.15, 0.2) is 0 Å². The Hall–Kier alpha value is -2.03. The van der Waals surface area contributed by atoms with Gasteiger partial charge in [0.25, 0.3) is 0 Å². The van der Waals surface area contributed by atoms with Crippen molar-refractivity contribution in [3.05, 3.63) is 82.1 Å². The van der Waals surface area contributed by atoms with Gasteiger partial charge in [-0.25, -0.2) is 0 Å². The number of hydrogen-bond donors (Lipinski definition) is 0.